The number of aromatic carboxylic acids is 1. The topological polar surface area (TPSA) is 54.4 Å². The molecule has 0 saturated heterocycles. The maximum Gasteiger partial charge on any atom is 0.335 e. The van der Waals surface area contributed by atoms with Crippen LogP contribution >= 0.6 is 0 Å². The molecule has 0 atom stereocenters. The molecule has 1 rings (SSSR count). The molecule has 0 aliphatic carbocycles. The van der Waals surface area contributed by atoms with Crippen molar-refractivity contribution in [1.82, 2.24) is 0 Å². The number of halogens is 1. The number of carbonyl (C=O) groups excluding carboxylic acids is 1. The van der Waals surface area contributed by atoms with Crippen LogP contribution in [0.1, 0.15) is 15.9 Å². The Morgan fingerprint density at radius 2 is 2.23 bits per heavy atom. The lowest BCUT2D eigenvalue weighted by molar-refractivity contribution is -0.107. The van der Waals surface area contributed by atoms with Gasteiger partial charge in [0.05, 0.1) is 5.56 Å². The summed E-state index contributed by atoms with van der Waals surface area (Å²) in [4.78, 5) is 20.4. The van der Waals surface area contributed by atoms with Crippen LogP contribution in [-0.2, 0) is 11.2 Å². The SMILES string of the molecule is O=CCc1ccc(C(=O)O)cc1F. The molecule has 3 nitrogen and oxygen atoms in total. The Balaban J connectivity index is 3.04. The molecule has 0 radical (unpaired) electrons. The van der Waals surface area contributed by atoms with Gasteiger partial charge in [-0.3, -0.25) is 0 Å². The zero-order valence-electron chi connectivity index (χ0n) is 6.66. The Labute approximate surface area is 73.8 Å². The molecule has 0 amide bonds. The van der Waals surface area contributed by atoms with Crippen molar-refractivity contribution in [2.24, 2.45) is 0 Å². The molecule has 0 aliphatic heterocycles. The van der Waals surface area contributed by atoms with Crippen molar-refractivity contribution in [2.75, 3.05) is 0 Å². The number of aldehydes is 1. The number of carboxylic acids is 1. The van der Waals surface area contributed by atoms with Gasteiger partial charge in [-0.15, -0.1) is 0 Å². The van der Waals surface area contributed by atoms with Gasteiger partial charge in [0, 0.05) is 6.42 Å². The van der Waals surface area contributed by atoms with Crippen LogP contribution in [0, 0.1) is 5.82 Å². The van der Waals surface area contributed by atoms with E-state index >= 15 is 0 Å². The van der Waals surface area contributed by atoms with Crippen molar-refractivity contribution in [3.63, 3.8) is 0 Å². The van der Waals surface area contributed by atoms with E-state index in [0.29, 0.717) is 6.29 Å². The first kappa shape index (κ1) is 9.38. The van der Waals surface area contributed by atoms with Gasteiger partial charge in [0.2, 0.25) is 0 Å². The van der Waals surface area contributed by atoms with Crippen molar-refractivity contribution in [3.05, 3.63) is 35.1 Å². The van der Waals surface area contributed by atoms with E-state index in [2.05, 4.69) is 0 Å². The Morgan fingerprint density at radius 1 is 1.54 bits per heavy atom. The van der Waals surface area contributed by atoms with Crippen LogP contribution in [0.5, 0.6) is 0 Å². The highest BCUT2D eigenvalue weighted by Crippen LogP contribution is 2.10. The Hall–Kier alpha value is -1.71. The van der Waals surface area contributed by atoms with E-state index in [0.717, 1.165) is 6.07 Å². The summed E-state index contributed by atoms with van der Waals surface area (Å²) < 4.78 is 13.0. The maximum atomic E-state index is 13.0. The molecular formula is C9H7FO3. The summed E-state index contributed by atoms with van der Waals surface area (Å²) in [5.41, 5.74) is 0.0900. The van der Waals surface area contributed by atoms with Crippen LogP contribution in [0.15, 0.2) is 18.2 Å². The Kier molecular flexibility index (Phi) is 2.74. The van der Waals surface area contributed by atoms with Crippen LogP contribution < -0.4 is 0 Å². The van der Waals surface area contributed by atoms with E-state index in [1.165, 1.54) is 12.1 Å². The summed E-state index contributed by atoms with van der Waals surface area (Å²) in [6.07, 6.45) is 0.532. The van der Waals surface area contributed by atoms with E-state index in [1.54, 1.807) is 0 Å². The van der Waals surface area contributed by atoms with Crippen molar-refractivity contribution < 1.29 is 19.1 Å². The summed E-state index contributed by atoms with van der Waals surface area (Å²) in [5.74, 6) is -1.84. The number of hydrogen-bond acceptors (Lipinski definition) is 2. The molecule has 68 valence electrons. The fraction of sp³-hybridized carbons (Fsp3) is 0.111. The van der Waals surface area contributed by atoms with Gasteiger partial charge in [-0.1, -0.05) is 6.07 Å². The molecule has 0 unspecified atom stereocenters. The molecule has 4 heteroatoms. The average Bonchev–Trinajstić information content (AvgIpc) is 2.08. The molecule has 0 aliphatic rings. The largest absolute Gasteiger partial charge is 0.478 e. The summed E-state index contributed by atoms with van der Waals surface area (Å²) in [5, 5.41) is 8.49. The molecule has 1 aromatic carbocycles. The highest BCUT2D eigenvalue weighted by molar-refractivity contribution is 5.87. The van der Waals surface area contributed by atoms with Crippen LogP contribution in [0.2, 0.25) is 0 Å². The standard InChI is InChI=1S/C9H7FO3/c10-8-5-7(9(12)13)2-1-6(8)3-4-11/h1-2,4-5H,3H2,(H,12,13). The molecule has 0 fully saturated rings. The second kappa shape index (κ2) is 3.80. The Bertz CT molecular complexity index is 347. The van der Waals surface area contributed by atoms with Gasteiger partial charge < -0.3 is 9.90 Å². The third kappa shape index (κ3) is 2.11. The third-order valence-corrected chi connectivity index (χ3v) is 1.60. The smallest absolute Gasteiger partial charge is 0.335 e. The lowest BCUT2D eigenvalue weighted by atomic mass is 10.1. The summed E-state index contributed by atoms with van der Waals surface area (Å²) in [6.45, 7) is 0. The first-order valence-corrected chi connectivity index (χ1v) is 3.60. The van der Waals surface area contributed by atoms with Crippen LogP contribution in [0.3, 0.4) is 0 Å². The number of carboxylic acid groups (broad SMARTS) is 1. The maximum absolute atomic E-state index is 13.0. The molecule has 1 N–H and O–H groups in total. The molecule has 0 saturated carbocycles. The van der Waals surface area contributed by atoms with Crippen LogP contribution in [0.25, 0.3) is 0 Å². The monoisotopic (exact) mass is 182 g/mol. The van der Waals surface area contributed by atoms with Crippen molar-refractivity contribution in [2.45, 2.75) is 6.42 Å². The highest BCUT2D eigenvalue weighted by Gasteiger charge is 2.07. The van der Waals surface area contributed by atoms with Crippen LogP contribution in [0.4, 0.5) is 4.39 Å². The molecule has 0 heterocycles. The molecule has 13 heavy (non-hydrogen) atoms. The molecule has 0 aromatic heterocycles. The van der Waals surface area contributed by atoms with E-state index in [9.17, 15) is 14.0 Å². The molecule has 1 aromatic rings. The fourth-order valence-corrected chi connectivity index (χ4v) is 0.936. The minimum Gasteiger partial charge on any atom is -0.478 e. The minimum absolute atomic E-state index is 0.0360. The summed E-state index contributed by atoms with van der Waals surface area (Å²) in [6, 6.07) is 3.47. The zero-order valence-corrected chi connectivity index (χ0v) is 6.66. The highest BCUT2D eigenvalue weighted by atomic mass is 19.1. The molecule has 0 spiro atoms. The van der Waals surface area contributed by atoms with Crippen molar-refractivity contribution in [1.29, 1.82) is 0 Å². The predicted octanol–water partition coefficient (Wildman–Crippen LogP) is 1.27. The first-order chi connectivity index (χ1) is 6.15. The quantitative estimate of drug-likeness (QED) is 0.716. The van der Waals surface area contributed by atoms with Gasteiger partial charge in [0.1, 0.15) is 12.1 Å². The van der Waals surface area contributed by atoms with Gasteiger partial charge in [0.15, 0.2) is 0 Å². The van der Waals surface area contributed by atoms with Gasteiger partial charge in [0.25, 0.3) is 0 Å². The minimum atomic E-state index is -1.18. The predicted molar refractivity (Wildman–Crippen MR) is 43.1 cm³/mol. The second-order valence-corrected chi connectivity index (χ2v) is 2.48. The van der Waals surface area contributed by atoms with Crippen molar-refractivity contribution >= 4 is 12.3 Å². The van der Waals surface area contributed by atoms with Gasteiger partial charge >= 0.3 is 5.97 Å². The van der Waals surface area contributed by atoms with E-state index in [1.807, 2.05) is 0 Å². The van der Waals surface area contributed by atoms with Gasteiger partial charge in [-0.05, 0) is 17.7 Å². The van der Waals surface area contributed by atoms with Crippen molar-refractivity contribution in [3.8, 4) is 0 Å². The number of rotatable bonds is 3. The number of benzene rings is 1. The van der Waals surface area contributed by atoms with E-state index in [4.69, 9.17) is 5.11 Å². The molecular weight excluding hydrogens is 175 g/mol. The van der Waals surface area contributed by atoms with Gasteiger partial charge in [-0.2, -0.15) is 0 Å². The second-order valence-electron chi connectivity index (χ2n) is 2.48. The van der Waals surface area contributed by atoms with E-state index in [-0.39, 0.29) is 17.5 Å². The number of hydrogen-bond donors (Lipinski definition) is 1. The summed E-state index contributed by atoms with van der Waals surface area (Å²) in [7, 11) is 0. The fourth-order valence-electron chi connectivity index (χ4n) is 0.936. The van der Waals surface area contributed by atoms with E-state index < -0.39 is 11.8 Å². The average molecular weight is 182 g/mol. The third-order valence-electron chi connectivity index (χ3n) is 1.60. The first-order valence-electron chi connectivity index (χ1n) is 3.60. The normalized spacial score (nSPS) is 9.62. The zero-order chi connectivity index (χ0) is 9.84. The lowest BCUT2D eigenvalue weighted by Crippen LogP contribution is -1.99. The van der Waals surface area contributed by atoms with Gasteiger partial charge in [-0.25, -0.2) is 9.18 Å². The lowest BCUT2D eigenvalue weighted by Gasteiger charge is -1.99. The Morgan fingerprint density at radius 3 is 2.69 bits per heavy atom. The molecule has 0 bridgehead atoms. The number of carbonyl (C=O) groups is 2. The summed E-state index contributed by atoms with van der Waals surface area (Å²) >= 11 is 0. The van der Waals surface area contributed by atoms with Crippen LogP contribution in [-0.4, -0.2) is 17.4 Å².